The van der Waals surface area contributed by atoms with E-state index < -0.39 is 0 Å². The minimum Gasteiger partial charge on any atom is -0.455 e. The second-order valence-electron chi connectivity index (χ2n) is 16.8. The molecule has 2 heteroatoms. The van der Waals surface area contributed by atoms with Gasteiger partial charge in [-0.15, -0.1) is 0 Å². The molecule has 0 aliphatic heterocycles. The number of rotatable bonds is 6. The largest absolute Gasteiger partial charge is 0.455 e. The summed E-state index contributed by atoms with van der Waals surface area (Å²) in [5, 5.41) is 7.13. The molecule has 1 aromatic heterocycles. The molecule has 1 aliphatic carbocycles. The van der Waals surface area contributed by atoms with E-state index in [1.807, 2.05) is 0 Å². The van der Waals surface area contributed by atoms with Crippen molar-refractivity contribution in [1.82, 2.24) is 0 Å². The molecule has 0 amide bonds. The molecular formula is C59H41NO. The highest BCUT2D eigenvalue weighted by Gasteiger charge is 2.38. The Morgan fingerprint density at radius 3 is 1.74 bits per heavy atom. The Morgan fingerprint density at radius 2 is 0.967 bits per heavy atom. The van der Waals surface area contributed by atoms with E-state index >= 15 is 0 Å². The third-order valence-corrected chi connectivity index (χ3v) is 13.1. The summed E-state index contributed by atoms with van der Waals surface area (Å²) in [6, 6.07) is 77.3. The molecule has 11 aromatic rings. The van der Waals surface area contributed by atoms with Crippen LogP contribution in [0.1, 0.15) is 25.0 Å². The lowest BCUT2D eigenvalue weighted by atomic mass is 9.80. The summed E-state index contributed by atoms with van der Waals surface area (Å²) < 4.78 is 6.73. The van der Waals surface area contributed by atoms with Crippen LogP contribution in [-0.4, -0.2) is 0 Å². The molecule has 0 saturated carbocycles. The van der Waals surface area contributed by atoms with Crippen molar-refractivity contribution in [2.45, 2.75) is 19.3 Å². The molecular weight excluding hydrogens is 739 g/mol. The standard InChI is InChI=1S/C59H41NO/c1-59(2)51-26-14-24-47(55(51)49-36-32-40-18-6-8-20-43(40)57(49)59)45-22-10-12-27-52(45)60(42-34-30-39(31-35-42)38-16-4-3-5-17-38)53-28-13-11-23-46(53)48-25-15-29-54-56(48)50-37-33-41-19-7-9-21-44(41)58(50)61-54/h3-37H,1-2H3. The highest BCUT2D eigenvalue weighted by molar-refractivity contribution is 6.20. The lowest BCUT2D eigenvalue weighted by molar-refractivity contribution is 0.666. The minimum atomic E-state index is -0.173. The van der Waals surface area contributed by atoms with Gasteiger partial charge in [0.05, 0.1) is 11.4 Å². The van der Waals surface area contributed by atoms with Crippen LogP contribution in [0, 0.1) is 0 Å². The van der Waals surface area contributed by atoms with E-state index in [0.29, 0.717) is 0 Å². The molecule has 0 N–H and O–H groups in total. The van der Waals surface area contributed by atoms with Crippen molar-refractivity contribution in [2.75, 3.05) is 4.90 Å². The van der Waals surface area contributed by atoms with Crippen LogP contribution in [0.5, 0.6) is 0 Å². The van der Waals surface area contributed by atoms with Crippen LogP contribution in [0.3, 0.4) is 0 Å². The second kappa shape index (κ2) is 13.7. The molecule has 61 heavy (non-hydrogen) atoms. The Balaban J connectivity index is 1.11. The Kier molecular flexibility index (Phi) is 7.92. The predicted octanol–water partition coefficient (Wildman–Crippen LogP) is 16.7. The molecule has 0 radical (unpaired) electrons. The van der Waals surface area contributed by atoms with Crippen molar-refractivity contribution in [3.05, 3.63) is 223 Å². The van der Waals surface area contributed by atoms with Crippen LogP contribution in [-0.2, 0) is 5.41 Å². The summed E-state index contributed by atoms with van der Waals surface area (Å²) in [5.74, 6) is 0. The van der Waals surface area contributed by atoms with E-state index in [1.165, 1.54) is 60.7 Å². The first-order valence-electron chi connectivity index (χ1n) is 21.2. The molecule has 0 unspecified atom stereocenters. The van der Waals surface area contributed by atoms with Crippen molar-refractivity contribution in [1.29, 1.82) is 0 Å². The SMILES string of the molecule is CC1(C)c2cccc(-c3ccccc3N(c3ccc(-c4ccccc4)cc3)c3ccccc3-c3cccc4oc5c6ccccc6ccc5c34)c2-c2ccc3ccccc3c21. The van der Waals surface area contributed by atoms with Gasteiger partial charge in [0.15, 0.2) is 0 Å². The number of furan rings is 1. The maximum absolute atomic E-state index is 6.73. The van der Waals surface area contributed by atoms with Gasteiger partial charge in [0.1, 0.15) is 11.2 Å². The van der Waals surface area contributed by atoms with Gasteiger partial charge in [0.2, 0.25) is 0 Å². The third kappa shape index (κ3) is 5.42. The van der Waals surface area contributed by atoms with Gasteiger partial charge in [0.25, 0.3) is 0 Å². The Labute approximate surface area is 355 Å². The maximum atomic E-state index is 6.73. The molecule has 12 rings (SSSR count). The van der Waals surface area contributed by atoms with E-state index in [0.717, 1.165) is 55.5 Å². The van der Waals surface area contributed by atoms with E-state index in [4.69, 9.17) is 4.42 Å². The molecule has 0 spiro atoms. The van der Waals surface area contributed by atoms with Crippen LogP contribution >= 0.6 is 0 Å². The van der Waals surface area contributed by atoms with Gasteiger partial charge in [-0.2, -0.15) is 0 Å². The van der Waals surface area contributed by atoms with Gasteiger partial charge >= 0.3 is 0 Å². The molecule has 1 heterocycles. The first-order valence-corrected chi connectivity index (χ1v) is 21.2. The lowest BCUT2D eigenvalue weighted by Crippen LogP contribution is -2.15. The smallest absolute Gasteiger partial charge is 0.143 e. The van der Waals surface area contributed by atoms with Crippen molar-refractivity contribution in [2.24, 2.45) is 0 Å². The fourth-order valence-corrected chi connectivity index (χ4v) is 10.3. The zero-order valence-corrected chi connectivity index (χ0v) is 34.1. The van der Waals surface area contributed by atoms with Gasteiger partial charge in [-0.1, -0.05) is 190 Å². The first-order chi connectivity index (χ1) is 30.0. The monoisotopic (exact) mass is 779 g/mol. The second-order valence-corrected chi connectivity index (χ2v) is 16.8. The molecule has 10 aromatic carbocycles. The average Bonchev–Trinajstić information content (AvgIpc) is 3.82. The van der Waals surface area contributed by atoms with Crippen LogP contribution in [0.4, 0.5) is 17.1 Å². The zero-order chi connectivity index (χ0) is 40.7. The van der Waals surface area contributed by atoms with Crippen LogP contribution in [0.2, 0.25) is 0 Å². The quantitative estimate of drug-likeness (QED) is 0.167. The minimum absolute atomic E-state index is 0.173. The number of benzene rings is 10. The molecule has 1 aliphatic rings. The van der Waals surface area contributed by atoms with Crippen LogP contribution in [0.25, 0.3) is 88.0 Å². The molecule has 0 fully saturated rings. The normalized spacial score (nSPS) is 12.9. The fraction of sp³-hybridized carbons (Fsp3) is 0.0508. The van der Waals surface area contributed by atoms with Gasteiger partial charge in [-0.05, 0) is 97.1 Å². The van der Waals surface area contributed by atoms with Crippen molar-refractivity contribution in [3.63, 3.8) is 0 Å². The summed E-state index contributed by atoms with van der Waals surface area (Å²) in [5.41, 5.74) is 17.3. The summed E-state index contributed by atoms with van der Waals surface area (Å²) >= 11 is 0. The molecule has 0 bridgehead atoms. The molecule has 0 saturated heterocycles. The topological polar surface area (TPSA) is 16.4 Å². The van der Waals surface area contributed by atoms with Crippen molar-refractivity contribution < 1.29 is 4.42 Å². The average molecular weight is 780 g/mol. The maximum Gasteiger partial charge on any atom is 0.143 e. The summed E-state index contributed by atoms with van der Waals surface area (Å²) in [6.07, 6.45) is 0. The number of para-hydroxylation sites is 2. The van der Waals surface area contributed by atoms with Crippen LogP contribution < -0.4 is 4.90 Å². The summed E-state index contributed by atoms with van der Waals surface area (Å²) in [7, 11) is 0. The van der Waals surface area contributed by atoms with Gasteiger partial charge in [0, 0.05) is 38.4 Å². The Hall–Kier alpha value is -7.68. The molecule has 2 nitrogen and oxygen atoms in total. The number of anilines is 3. The van der Waals surface area contributed by atoms with Gasteiger partial charge < -0.3 is 9.32 Å². The zero-order valence-electron chi connectivity index (χ0n) is 34.1. The van der Waals surface area contributed by atoms with Crippen molar-refractivity contribution >= 4 is 60.5 Å². The van der Waals surface area contributed by atoms with Crippen LogP contribution in [0.15, 0.2) is 217 Å². The highest BCUT2D eigenvalue weighted by atomic mass is 16.3. The Bertz CT molecular complexity index is 3500. The van der Waals surface area contributed by atoms with E-state index in [2.05, 4.69) is 231 Å². The van der Waals surface area contributed by atoms with Gasteiger partial charge in [-0.25, -0.2) is 0 Å². The molecule has 0 atom stereocenters. The fourth-order valence-electron chi connectivity index (χ4n) is 10.3. The van der Waals surface area contributed by atoms with E-state index in [-0.39, 0.29) is 5.41 Å². The number of nitrogens with zero attached hydrogens (tertiary/aromatic N) is 1. The lowest BCUT2D eigenvalue weighted by Gasteiger charge is -2.30. The number of hydrogen-bond donors (Lipinski definition) is 0. The molecule has 288 valence electrons. The van der Waals surface area contributed by atoms with Crippen molar-refractivity contribution in [3.8, 4) is 44.5 Å². The number of fused-ring (bicyclic) bond motifs is 10. The Morgan fingerprint density at radius 1 is 0.393 bits per heavy atom. The van der Waals surface area contributed by atoms with E-state index in [1.54, 1.807) is 0 Å². The highest BCUT2D eigenvalue weighted by Crippen LogP contribution is 2.56. The predicted molar refractivity (Wildman–Crippen MR) is 257 cm³/mol. The van der Waals surface area contributed by atoms with E-state index in [9.17, 15) is 0 Å². The number of hydrogen-bond acceptors (Lipinski definition) is 2. The summed E-state index contributed by atoms with van der Waals surface area (Å²) in [6.45, 7) is 4.78. The first kappa shape index (κ1) is 35.3. The third-order valence-electron chi connectivity index (χ3n) is 13.1. The summed E-state index contributed by atoms with van der Waals surface area (Å²) in [4.78, 5) is 2.47. The van der Waals surface area contributed by atoms with Gasteiger partial charge in [-0.3, -0.25) is 0 Å².